The molecule has 50 valence electrons. The number of ketones is 1. The Morgan fingerprint density at radius 3 is 2.56 bits per heavy atom. The molecule has 1 aliphatic carbocycles. The van der Waals surface area contributed by atoms with Gasteiger partial charge in [-0.1, -0.05) is 0 Å². The summed E-state index contributed by atoms with van der Waals surface area (Å²) in [4.78, 5) is 11.1. The van der Waals surface area contributed by atoms with Crippen molar-refractivity contribution in [1.82, 2.24) is 5.32 Å². The minimum Gasteiger partial charge on any atom is -0.310 e. The fourth-order valence-electron chi connectivity index (χ4n) is 1.54. The maximum absolute atomic E-state index is 11.1. The van der Waals surface area contributed by atoms with Gasteiger partial charge in [-0.3, -0.25) is 4.79 Å². The lowest BCUT2D eigenvalue weighted by Crippen LogP contribution is -2.37. The van der Waals surface area contributed by atoms with Crippen molar-refractivity contribution in [2.24, 2.45) is 5.41 Å². The van der Waals surface area contributed by atoms with Crippen LogP contribution in [-0.2, 0) is 4.79 Å². The Balaban J connectivity index is 2.12. The quantitative estimate of drug-likeness (QED) is 0.505. The van der Waals surface area contributed by atoms with Crippen molar-refractivity contribution in [3.05, 3.63) is 0 Å². The summed E-state index contributed by atoms with van der Waals surface area (Å²) in [5.41, 5.74) is 0.186. The van der Waals surface area contributed by atoms with Gasteiger partial charge in [0.05, 0.1) is 6.54 Å². The molecule has 2 nitrogen and oxygen atoms in total. The largest absolute Gasteiger partial charge is 0.310 e. The first-order chi connectivity index (χ1) is 4.33. The predicted molar refractivity (Wildman–Crippen MR) is 34.2 cm³/mol. The first-order valence-electron chi connectivity index (χ1n) is 3.58. The van der Waals surface area contributed by atoms with E-state index >= 15 is 0 Å². The van der Waals surface area contributed by atoms with Gasteiger partial charge >= 0.3 is 0 Å². The van der Waals surface area contributed by atoms with E-state index < -0.39 is 0 Å². The Morgan fingerprint density at radius 1 is 1.33 bits per heavy atom. The maximum Gasteiger partial charge on any atom is 0.152 e. The summed E-state index contributed by atoms with van der Waals surface area (Å²) in [7, 11) is 0. The highest BCUT2D eigenvalue weighted by Crippen LogP contribution is 2.50. The molecule has 2 rings (SSSR count). The van der Waals surface area contributed by atoms with E-state index in [0.29, 0.717) is 12.3 Å². The highest BCUT2D eigenvalue weighted by Gasteiger charge is 2.49. The molecule has 0 unspecified atom stereocenters. The second-order valence-corrected chi connectivity index (χ2v) is 3.13. The molecule has 2 heteroatoms. The van der Waals surface area contributed by atoms with E-state index in [1.54, 1.807) is 0 Å². The minimum atomic E-state index is 0.186. The fraction of sp³-hybridized carbons (Fsp3) is 0.857. The predicted octanol–water partition coefficient (Wildman–Crippen LogP) is 0.329. The molecule has 0 aromatic rings. The second kappa shape index (κ2) is 1.57. The van der Waals surface area contributed by atoms with Crippen LogP contribution in [0.3, 0.4) is 0 Å². The van der Waals surface area contributed by atoms with Crippen molar-refractivity contribution in [2.45, 2.75) is 19.3 Å². The van der Waals surface area contributed by atoms with Gasteiger partial charge in [0, 0.05) is 5.41 Å². The van der Waals surface area contributed by atoms with Crippen LogP contribution < -0.4 is 5.32 Å². The van der Waals surface area contributed by atoms with Gasteiger partial charge in [0.2, 0.25) is 0 Å². The van der Waals surface area contributed by atoms with Gasteiger partial charge in [-0.05, 0) is 25.8 Å². The maximum atomic E-state index is 11.1. The van der Waals surface area contributed by atoms with Gasteiger partial charge in [-0.25, -0.2) is 0 Å². The third kappa shape index (κ3) is 0.697. The number of hydrogen-bond donors (Lipinski definition) is 1. The van der Waals surface area contributed by atoms with Gasteiger partial charge in [0.25, 0.3) is 0 Å². The highest BCUT2D eigenvalue weighted by molar-refractivity contribution is 5.89. The average Bonchev–Trinajstić information content (AvgIpc) is 2.60. The standard InChI is InChI=1S/C7H11NO/c9-6-5-8-4-3-7(6)1-2-7/h8H,1-5H2. The monoisotopic (exact) mass is 125 g/mol. The molecule has 1 spiro atoms. The summed E-state index contributed by atoms with van der Waals surface area (Å²) >= 11 is 0. The van der Waals surface area contributed by atoms with Crippen LogP contribution in [0.5, 0.6) is 0 Å². The zero-order valence-corrected chi connectivity index (χ0v) is 5.44. The van der Waals surface area contributed by atoms with Crippen molar-refractivity contribution < 1.29 is 4.79 Å². The van der Waals surface area contributed by atoms with E-state index in [-0.39, 0.29) is 5.41 Å². The number of piperidine rings is 1. The summed E-state index contributed by atoms with van der Waals surface area (Å²) in [6.45, 7) is 1.67. The topological polar surface area (TPSA) is 29.1 Å². The van der Waals surface area contributed by atoms with Crippen LogP contribution in [0.4, 0.5) is 0 Å². The number of carbonyl (C=O) groups is 1. The van der Waals surface area contributed by atoms with Crippen molar-refractivity contribution >= 4 is 5.78 Å². The molecule has 1 saturated carbocycles. The molecule has 9 heavy (non-hydrogen) atoms. The lowest BCUT2D eigenvalue weighted by Gasteiger charge is -2.19. The summed E-state index contributed by atoms with van der Waals surface area (Å²) in [6, 6.07) is 0. The van der Waals surface area contributed by atoms with E-state index in [2.05, 4.69) is 5.32 Å². The summed E-state index contributed by atoms with van der Waals surface area (Å²) in [5, 5.41) is 3.08. The van der Waals surface area contributed by atoms with Crippen molar-refractivity contribution in [1.29, 1.82) is 0 Å². The molecule has 1 aliphatic heterocycles. The molecule has 0 aromatic heterocycles. The fourth-order valence-corrected chi connectivity index (χ4v) is 1.54. The van der Waals surface area contributed by atoms with E-state index in [1.165, 1.54) is 0 Å². The third-order valence-electron chi connectivity index (χ3n) is 2.51. The van der Waals surface area contributed by atoms with Crippen LogP contribution in [0.1, 0.15) is 19.3 Å². The van der Waals surface area contributed by atoms with Gasteiger partial charge in [0.15, 0.2) is 5.78 Å². The van der Waals surface area contributed by atoms with Crippen LogP contribution in [0.25, 0.3) is 0 Å². The lowest BCUT2D eigenvalue weighted by molar-refractivity contribution is -0.124. The molecular formula is C7H11NO. The Bertz CT molecular complexity index is 149. The zero-order valence-electron chi connectivity index (χ0n) is 5.44. The van der Waals surface area contributed by atoms with Crippen molar-refractivity contribution in [3.8, 4) is 0 Å². The summed E-state index contributed by atoms with van der Waals surface area (Å²) in [6.07, 6.45) is 3.41. The molecule has 2 fully saturated rings. The molecule has 0 bridgehead atoms. The molecule has 0 amide bonds. The molecule has 0 radical (unpaired) electrons. The Kier molecular flexibility index (Phi) is 0.943. The minimum absolute atomic E-state index is 0.186. The number of Topliss-reactive ketones (excluding diaryl/α,β-unsaturated/α-hetero) is 1. The molecule has 0 atom stereocenters. The van der Waals surface area contributed by atoms with Gasteiger partial charge < -0.3 is 5.32 Å². The molecule has 1 heterocycles. The van der Waals surface area contributed by atoms with Crippen molar-refractivity contribution in [2.75, 3.05) is 13.1 Å². The molecule has 2 aliphatic rings. The zero-order chi connectivity index (χ0) is 6.32. The average molecular weight is 125 g/mol. The van der Waals surface area contributed by atoms with Gasteiger partial charge in [0.1, 0.15) is 0 Å². The molecule has 1 N–H and O–H groups in total. The Hall–Kier alpha value is -0.370. The van der Waals surface area contributed by atoms with Crippen LogP contribution >= 0.6 is 0 Å². The lowest BCUT2D eigenvalue weighted by atomic mass is 9.94. The van der Waals surface area contributed by atoms with Crippen LogP contribution in [0, 0.1) is 5.41 Å². The van der Waals surface area contributed by atoms with Crippen LogP contribution in [0.2, 0.25) is 0 Å². The molecule has 0 aromatic carbocycles. The SMILES string of the molecule is O=C1CNCCC12CC2. The summed E-state index contributed by atoms with van der Waals surface area (Å²) in [5.74, 6) is 0.453. The third-order valence-corrected chi connectivity index (χ3v) is 2.51. The van der Waals surface area contributed by atoms with E-state index in [0.717, 1.165) is 25.8 Å². The number of hydrogen-bond acceptors (Lipinski definition) is 2. The van der Waals surface area contributed by atoms with Gasteiger partial charge in [-0.2, -0.15) is 0 Å². The van der Waals surface area contributed by atoms with Gasteiger partial charge in [-0.15, -0.1) is 0 Å². The second-order valence-electron chi connectivity index (χ2n) is 3.13. The Labute approximate surface area is 54.6 Å². The van der Waals surface area contributed by atoms with Crippen LogP contribution in [-0.4, -0.2) is 18.9 Å². The molecular weight excluding hydrogens is 114 g/mol. The normalized spacial score (nSPS) is 30.9. The number of nitrogens with one attached hydrogen (secondary N) is 1. The summed E-state index contributed by atoms with van der Waals surface area (Å²) < 4.78 is 0. The van der Waals surface area contributed by atoms with Crippen molar-refractivity contribution in [3.63, 3.8) is 0 Å². The van der Waals surface area contributed by atoms with Crippen LogP contribution in [0.15, 0.2) is 0 Å². The van der Waals surface area contributed by atoms with E-state index in [4.69, 9.17) is 0 Å². The first-order valence-corrected chi connectivity index (χ1v) is 3.58. The smallest absolute Gasteiger partial charge is 0.152 e. The Morgan fingerprint density at radius 2 is 2.11 bits per heavy atom. The molecule has 1 saturated heterocycles. The number of rotatable bonds is 0. The van der Waals surface area contributed by atoms with E-state index in [1.807, 2.05) is 0 Å². The highest BCUT2D eigenvalue weighted by atomic mass is 16.1. The number of carbonyl (C=O) groups excluding carboxylic acids is 1. The first kappa shape index (κ1) is 5.42. The van der Waals surface area contributed by atoms with E-state index in [9.17, 15) is 4.79 Å².